The zero-order chi connectivity index (χ0) is 19.2. The van der Waals surface area contributed by atoms with Crippen LogP contribution in [0.4, 0.5) is 10.1 Å². The van der Waals surface area contributed by atoms with Crippen molar-refractivity contribution < 1.29 is 14.0 Å². The number of nitrogens with zero attached hydrogens (tertiary/aromatic N) is 1. The fourth-order valence-corrected chi connectivity index (χ4v) is 3.20. The molecule has 1 heterocycles. The van der Waals surface area contributed by atoms with Crippen molar-refractivity contribution in [2.45, 2.75) is 38.1 Å². The smallest absolute Gasteiger partial charge is 0.254 e. The third kappa shape index (κ3) is 4.50. The van der Waals surface area contributed by atoms with Crippen LogP contribution in [0.3, 0.4) is 0 Å². The first-order chi connectivity index (χ1) is 13.1. The number of amides is 2. The SMILES string of the molecule is N#CCCCC(NC(=O)c1cc2c(cc1F)NC(=O)CC2)c1ccccc1. The monoisotopic (exact) mass is 365 g/mol. The van der Waals surface area contributed by atoms with Gasteiger partial charge in [0.1, 0.15) is 5.82 Å². The van der Waals surface area contributed by atoms with Gasteiger partial charge in [-0.3, -0.25) is 9.59 Å². The van der Waals surface area contributed by atoms with E-state index in [9.17, 15) is 14.0 Å². The maximum atomic E-state index is 14.5. The van der Waals surface area contributed by atoms with E-state index in [-0.39, 0.29) is 17.5 Å². The fraction of sp³-hybridized carbons (Fsp3) is 0.286. The molecule has 5 nitrogen and oxygen atoms in total. The number of rotatable bonds is 6. The minimum absolute atomic E-state index is 0.0360. The van der Waals surface area contributed by atoms with E-state index in [1.165, 1.54) is 12.1 Å². The molecule has 2 aromatic rings. The third-order valence-corrected chi connectivity index (χ3v) is 4.62. The standard InChI is InChI=1S/C21H20FN3O2/c22-17-13-19-15(9-10-20(26)24-19)12-16(17)21(27)25-18(8-4-5-11-23)14-6-2-1-3-7-14/h1-3,6-7,12-13,18H,4-5,8-10H2,(H,24,26)(H,25,27). The summed E-state index contributed by atoms with van der Waals surface area (Å²) < 4.78 is 14.5. The zero-order valence-corrected chi connectivity index (χ0v) is 14.8. The van der Waals surface area contributed by atoms with Gasteiger partial charge in [0.25, 0.3) is 5.91 Å². The lowest BCUT2D eigenvalue weighted by molar-refractivity contribution is -0.116. The minimum Gasteiger partial charge on any atom is -0.345 e. The number of halogens is 1. The fourth-order valence-electron chi connectivity index (χ4n) is 3.20. The van der Waals surface area contributed by atoms with Gasteiger partial charge in [-0.2, -0.15) is 5.26 Å². The molecule has 138 valence electrons. The van der Waals surface area contributed by atoms with E-state index in [1.54, 1.807) is 0 Å². The van der Waals surface area contributed by atoms with Gasteiger partial charge in [-0.1, -0.05) is 30.3 Å². The Morgan fingerprint density at radius 2 is 2.04 bits per heavy atom. The highest BCUT2D eigenvalue weighted by atomic mass is 19.1. The summed E-state index contributed by atoms with van der Waals surface area (Å²) in [7, 11) is 0. The number of nitrogens with one attached hydrogen (secondary N) is 2. The minimum atomic E-state index is -0.669. The van der Waals surface area contributed by atoms with Gasteiger partial charge in [-0.15, -0.1) is 0 Å². The van der Waals surface area contributed by atoms with Crippen molar-refractivity contribution in [1.29, 1.82) is 5.26 Å². The molecule has 0 bridgehead atoms. The second-order valence-electron chi connectivity index (χ2n) is 6.52. The summed E-state index contributed by atoms with van der Waals surface area (Å²) in [6, 6.07) is 13.9. The molecule has 6 heteroatoms. The summed E-state index contributed by atoms with van der Waals surface area (Å²) in [6.45, 7) is 0. The number of carbonyl (C=O) groups excluding carboxylic acids is 2. The largest absolute Gasteiger partial charge is 0.345 e. The van der Waals surface area contributed by atoms with Crippen LogP contribution in [0.5, 0.6) is 0 Å². The normalized spacial score (nSPS) is 13.9. The number of benzene rings is 2. The molecular formula is C21H20FN3O2. The number of hydrogen-bond acceptors (Lipinski definition) is 3. The molecule has 0 aliphatic carbocycles. The molecule has 2 aromatic carbocycles. The molecule has 0 spiro atoms. The van der Waals surface area contributed by atoms with E-state index >= 15 is 0 Å². The van der Waals surface area contributed by atoms with Crippen LogP contribution in [0.15, 0.2) is 42.5 Å². The maximum Gasteiger partial charge on any atom is 0.254 e. The average Bonchev–Trinajstić information content (AvgIpc) is 2.67. The van der Waals surface area contributed by atoms with Crippen molar-refractivity contribution in [2.75, 3.05) is 5.32 Å². The van der Waals surface area contributed by atoms with Crippen LogP contribution in [0.2, 0.25) is 0 Å². The highest BCUT2D eigenvalue weighted by Gasteiger charge is 2.22. The van der Waals surface area contributed by atoms with Crippen LogP contribution in [0, 0.1) is 17.1 Å². The van der Waals surface area contributed by atoms with E-state index in [0.29, 0.717) is 37.8 Å². The van der Waals surface area contributed by atoms with Crippen LogP contribution in [0.25, 0.3) is 0 Å². The highest BCUT2D eigenvalue weighted by molar-refractivity contribution is 5.98. The van der Waals surface area contributed by atoms with Crippen molar-refractivity contribution in [3.63, 3.8) is 0 Å². The van der Waals surface area contributed by atoms with Crippen LogP contribution in [-0.2, 0) is 11.2 Å². The number of anilines is 1. The van der Waals surface area contributed by atoms with E-state index in [0.717, 1.165) is 11.1 Å². The molecule has 0 saturated carbocycles. The Balaban J connectivity index is 1.81. The lowest BCUT2D eigenvalue weighted by Gasteiger charge is -2.21. The molecule has 1 atom stereocenters. The summed E-state index contributed by atoms with van der Waals surface area (Å²) in [5.41, 5.74) is 2.05. The van der Waals surface area contributed by atoms with E-state index in [1.807, 2.05) is 30.3 Å². The number of hydrogen-bond donors (Lipinski definition) is 2. The number of nitriles is 1. The lowest BCUT2D eigenvalue weighted by Crippen LogP contribution is -2.30. The van der Waals surface area contributed by atoms with Crippen molar-refractivity contribution in [2.24, 2.45) is 0 Å². The van der Waals surface area contributed by atoms with Crippen molar-refractivity contribution >= 4 is 17.5 Å². The Morgan fingerprint density at radius 1 is 1.26 bits per heavy atom. The molecule has 2 N–H and O–H groups in total. The molecular weight excluding hydrogens is 345 g/mol. The third-order valence-electron chi connectivity index (χ3n) is 4.62. The molecule has 1 aliphatic heterocycles. The quantitative estimate of drug-likeness (QED) is 0.762. The van der Waals surface area contributed by atoms with Gasteiger partial charge in [-0.25, -0.2) is 4.39 Å². The summed E-state index contributed by atoms with van der Waals surface area (Å²) in [5, 5.41) is 14.3. The van der Waals surface area contributed by atoms with Crippen LogP contribution in [0.1, 0.15) is 53.2 Å². The van der Waals surface area contributed by atoms with Gasteiger partial charge < -0.3 is 10.6 Å². The first-order valence-electron chi connectivity index (χ1n) is 8.93. The van der Waals surface area contributed by atoms with E-state index in [4.69, 9.17) is 5.26 Å². The molecule has 0 saturated heterocycles. The van der Waals surface area contributed by atoms with Crippen LogP contribution >= 0.6 is 0 Å². The number of aryl methyl sites for hydroxylation is 1. The van der Waals surface area contributed by atoms with Crippen molar-refractivity contribution in [3.05, 3.63) is 65.0 Å². The maximum absolute atomic E-state index is 14.5. The molecule has 1 aliphatic rings. The predicted octanol–water partition coefficient (Wildman–Crippen LogP) is 3.88. The Labute approximate surface area is 157 Å². The second kappa shape index (κ2) is 8.45. The van der Waals surface area contributed by atoms with Gasteiger partial charge >= 0.3 is 0 Å². The summed E-state index contributed by atoms with van der Waals surface area (Å²) in [5.74, 6) is -1.32. The first kappa shape index (κ1) is 18.6. The summed E-state index contributed by atoms with van der Waals surface area (Å²) in [6.07, 6.45) is 2.42. The average molecular weight is 365 g/mol. The number of carbonyl (C=O) groups is 2. The Morgan fingerprint density at radius 3 is 2.78 bits per heavy atom. The van der Waals surface area contributed by atoms with Gasteiger partial charge in [0.05, 0.1) is 17.7 Å². The Bertz CT molecular complexity index is 890. The number of fused-ring (bicyclic) bond motifs is 1. The molecule has 27 heavy (non-hydrogen) atoms. The number of unbranched alkanes of at least 4 members (excludes halogenated alkanes) is 1. The van der Waals surface area contributed by atoms with Gasteiger partial charge in [-0.05, 0) is 42.5 Å². The van der Waals surface area contributed by atoms with Crippen molar-refractivity contribution in [3.8, 4) is 6.07 Å². The Kier molecular flexibility index (Phi) is 5.82. The molecule has 1 unspecified atom stereocenters. The predicted molar refractivity (Wildman–Crippen MR) is 99.5 cm³/mol. The van der Waals surface area contributed by atoms with E-state index in [2.05, 4.69) is 16.7 Å². The molecule has 3 rings (SSSR count). The van der Waals surface area contributed by atoms with Gasteiger partial charge in [0, 0.05) is 18.5 Å². The molecule has 0 radical (unpaired) electrons. The van der Waals surface area contributed by atoms with Gasteiger partial charge in [0.15, 0.2) is 0 Å². The lowest BCUT2D eigenvalue weighted by atomic mass is 9.98. The summed E-state index contributed by atoms with van der Waals surface area (Å²) >= 11 is 0. The molecule has 0 fully saturated rings. The van der Waals surface area contributed by atoms with Gasteiger partial charge in [0.2, 0.25) is 5.91 Å². The van der Waals surface area contributed by atoms with E-state index < -0.39 is 11.7 Å². The first-order valence-corrected chi connectivity index (χ1v) is 8.93. The zero-order valence-electron chi connectivity index (χ0n) is 14.8. The molecule has 2 amide bonds. The second-order valence-corrected chi connectivity index (χ2v) is 6.52. The van der Waals surface area contributed by atoms with Crippen LogP contribution < -0.4 is 10.6 Å². The Hall–Kier alpha value is -3.20. The molecule has 0 aromatic heterocycles. The highest BCUT2D eigenvalue weighted by Crippen LogP contribution is 2.27. The topological polar surface area (TPSA) is 82.0 Å². The van der Waals surface area contributed by atoms with Crippen molar-refractivity contribution in [1.82, 2.24) is 5.32 Å². The van der Waals surface area contributed by atoms with Crippen LogP contribution in [-0.4, -0.2) is 11.8 Å². The summed E-state index contributed by atoms with van der Waals surface area (Å²) in [4.78, 5) is 24.2.